The molecule has 4 nitrogen and oxygen atoms in total. The van der Waals surface area contributed by atoms with Crippen LogP contribution in [0.5, 0.6) is 0 Å². The Morgan fingerprint density at radius 1 is 1.20 bits per heavy atom. The van der Waals surface area contributed by atoms with Crippen LogP contribution in [-0.2, 0) is 24.2 Å². The van der Waals surface area contributed by atoms with Crippen LogP contribution < -0.4 is 5.32 Å². The van der Waals surface area contributed by atoms with Crippen LogP contribution in [0.4, 0.5) is 0 Å². The van der Waals surface area contributed by atoms with E-state index >= 15 is 0 Å². The highest BCUT2D eigenvalue weighted by molar-refractivity contribution is 5.76. The predicted molar refractivity (Wildman–Crippen MR) is 100 cm³/mol. The van der Waals surface area contributed by atoms with Gasteiger partial charge in [0.15, 0.2) is 0 Å². The van der Waals surface area contributed by atoms with Gasteiger partial charge in [0.2, 0.25) is 5.91 Å². The van der Waals surface area contributed by atoms with E-state index in [0.29, 0.717) is 13.0 Å². The second kappa shape index (κ2) is 7.79. The van der Waals surface area contributed by atoms with Crippen molar-refractivity contribution >= 4 is 5.91 Å². The van der Waals surface area contributed by atoms with Crippen LogP contribution in [0, 0.1) is 0 Å². The van der Waals surface area contributed by atoms with E-state index in [4.69, 9.17) is 0 Å². The summed E-state index contributed by atoms with van der Waals surface area (Å²) >= 11 is 0. The summed E-state index contributed by atoms with van der Waals surface area (Å²) in [5.41, 5.74) is 3.90. The second-order valence-electron chi connectivity index (χ2n) is 7.39. The van der Waals surface area contributed by atoms with Gasteiger partial charge in [-0.15, -0.1) is 0 Å². The van der Waals surface area contributed by atoms with Gasteiger partial charge in [0, 0.05) is 44.0 Å². The normalized spacial score (nSPS) is 14.8. The Morgan fingerprint density at radius 3 is 2.76 bits per heavy atom. The number of amides is 1. The van der Waals surface area contributed by atoms with Crippen molar-refractivity contribution in [3.63, 3.8) is 0 Å². The molecule has 1 N–H and O–H groups in total. The van der Waals surface area contributed by atoms with Gasteiger partial charge in [-0.05, 0) is 49.4 Å². The van der Waals surface area contributed by atoms with E-state index < -0.39 is 0 Å². The average molecular weight is 337 g/mol. The van der Waals surface area contributed by atoms with Crippen LogP contribution in [0.3, 0.4) is 0 Å². The fraction of sp³-hybridized carbons (Fsp3) is 0.429. The molecule has 3 rings (SSSR count). The molecule has 1 aromatic carbocycles. The largest absolute Gasteiger partial charge is 0.354 e. The number of aryl methyl sites for hydroxylation is 1. The standard InChI is InChI=1S/C21H27N3O/c1-21(2,24-13-11-18-7-3-4-8-19(18)15-24)16-23-20(25)10-9-17-6-5-12-22-14-17/h3-8,12,14H,9-11,13,15-16H2,1-2H3,(H,23,25). The van der Waals surface area contributed by atoms with E-state index in [1.165, 1.54) is 11.1 Å². The molecule has 0 spiro atoms. The second-order valence-corrected chi connectivity index (χ2v) is 7.39. The molecule has 132 valence electrons. The summed E-state index contributed by atoms with van der Waals surface area (Å²) in [4.78, 5) is 18.8. The Bertz CT molecular complexity index is 712. The van der Waals surface area contributed by atoms with Gasteiger partial charge in [0.1, 0.15) is 0 Å². The minimum Gasteiger partial charge on any atom is -0.354 e. The van der Waals surface area contributed by atoms with Crippen LogP contribution in [-0.4, -0.2) is 34.4 Å². The van der Waals surface area contributed by atoms with Crippen molar-refractivity contribution in [1.82, 2.24) is 15.2 Å². The minimum absolute atomic E-state index is 0.0580. The molecule has 1 aromatic heterocycles. The molecule has 0 saturated carbocycles. The molecule has 2 heterocycles. The molecule has 1 aliphatic heterocycles. The zero-order chi connectivity index (χ0) is 17.7. The Morgan fingerprint density at radius 2 is 2.00 bits per heavy atom. The number of rotatable bonds is 6. The highest BCUT2D eigenvalue weighted by atomic mass is 16.1. The van der Waals surface area contributed by atoms with E-state index in [1.807, 2.05) is 18.3 Å². The maximum absolute atomic E-state index is 12.2. The first-order valence-corrected chi connectivity index (χ1v) is 9.02. The third-order valence-corrected chi connectivity index (χ3v) is 5.07. The number of aromatic nitrogens is 1. The van der Waals surface area contributed by atoms with Crippen molar-refractivity contribution in [3.8, 4) is 0 Å². The fourth-order valence-corrected chi connectivity index (χ4v) is 3.33. The molecular formula is C21H27N3O. The molecule has 0 fully saturated rings. The number of nitrogens with one attached hydrogen (secondary N) is 1. The molecule has 0 bridgehead atoms. The zero-order valence-corrected chi connectivity index (χ0v) is 15.2. The Hall–Kier alpha value is -2.20. The molecule has 0 aliphatic carbocycles. The van der Waals surface area contributed by atoms with Crippen molar-refractivity contribution < 1.29 is 4.79 Å². The lowest BCUT2D eigenvalue weighted by Crippen LogP contribution is -2.53. The number of nitrogens with zero attached hydrogens (tertiary/aromatic N) is 2. The topological polar surface area (TPSA) is 45.2 Å². The van der Waals surface area contributed by atoms with E-state index in [-0.39, 0.29) is 11.4 Å². The van der Waals surface area contributed by atoms with Crippen molar-refractivity contribution in [2.24, 2.45) is 0 Å². The predicted octanol–water partition coefficient (Wildman–Crippen LogP) is 2.97. The van der Waals surface area contributed by atoms with Crippen LogP contribution in [0.1, 0.15) is 37.0 Å². The Balaban J connectivity index is 1.49. The lowest BCUT2D eigenvalue weighted by molar-refractivity contribution is -0.121. The number of carbonyl (C=O) groups is 1. The monoisotopic (exact) mass is 337 g/mol. The van der Waals surface area contributed by atoms with Crippen LogP contribution in [0.2, 0.25) is 0 Å². The van der Waals surface area contributed by atoms with Crippen LogP contribution in [0.25, 0.3) is 0 Å². The summed E-state index contributed by atoms with van der Waals surface area (Å²) in [5.74, 6) is 0.106. The number of pyridine rings is 1. The van der Waals surface area contributed by atoms with Gasteiger partial charge in [-0.3, -0.25) is 14.7 Å². The van der Waals surface area contributed by atoms with Gasteiger partial charge >= 0.3 is 0 Å². The van der Waals surface area contributed by atoms with Crippen molar-refractivity contribution in [2.45, 2.75) is 45.2 Å². The average Bonchev–Trinajstić information content (AvgIpc) is 2.65. The summed E-state index contributed by atoms with van der Waals surface area (Å²) < 4.78 is 0. The lowest BCUT2D eigenvalue weighted by atomic mass is 9.94. The third kappa shape index (κ3) is 4.67. The van der Waals surface area contributed by atoms with Crippen molar-refractivity contribution in [2.75, 3.05) is 13.1 Å². The first-order valence-electron chi connectivity index (χ1n) is 9.02. The SMILES string of the molecule is CC(C)(CNC(=O)CCc1cccnc1)N1CCc2ccccc2C1. The van der Waals surface area contributed by atoms with Crippen molar-refractivity contribution in [3.05, 3.63) is 65.5 Å². The quantitative estimate of drug-likeness (QED) is 0.881. The van der Waals surface area contributed by atoms with E-state index in [2.05, 4.69) is 53.3 Å². The maximum Gasteiger partial charge on any atom is 0.220 e. The maximum atomic E-state index is 12.2. The summed E-state index contributed by atoms with van der Waals surface area (Å²) in [6.07, 6.45) is 5.89. The number of carbonyl (C=O) groups excluding carboxylic acids is 1. The Labute approximate surface area is 150 Å². The molecule has 0 saturated heterocycles. The van der Waals surface area contributed by atoms with E-state index in [0.717, 1.165) is 31.5 Å². The van der Waals surface area contributed by atoms with Crippen LogP contribution in [0.15, 0.2) is 48.8 Å². The number of fused-ring (bicyclic) bond motifs is 1. The summed E-state index contributed by atoms with van der Waals surface area (Å²) in [5, 5.41) is 3.11. The highest BCUT2D eigenvalue weighted by Crippen LogP contribution is 2.24. The number of hydrogen-bond acceptors (Lipinski definition) is 3. The van der Waals surface area contributed by atoms with Gasteiger partial charge in [-0.2, -0.15) is 0 Å². The van der Waals surface area contributed by atoms with Gasteiger partial charge in [0.25, 0.3) is 0 Å². The summed E-state index contributed by atoms with van der Waals surface area (Å²) in [6.45, 7) is 7.08. The van der Waals surface area contributed by atoms with Crippen molar-refractivity contribution in [1.29, 1.82) is 0 Å². The highest BCUT2D eigenvalue weighted by Gasteiger charge is 2.29. The fourth-order valence-electron chi connectivity index (χ4n) is 3.33. The first kappa shape index (κ1) is 17.6. The van der Waals surface area contributed by atoms with Gasteiger partial charge in [-0.1, -0.05) is 30.3 Å². The Kier molecular flexibility index (Phi) is 5.49. The summed E-state index contributed by atoms with van der Waals surface area (Å²) in [7, 11) is 0. The number of benzene rings is 1. The first-order chi connectivity index (χ1) is 12.0. The molecular weight excluding hydrogens is 310 g/mol. The molecule has 0 atom stereocenters. The smallest absolute Gasteiger partial charge is 0.220 e. The molecule has 2 aromatic rings. The van der Waals surface area contributed by atoms with Gasteiger partial charge in [-0.25, -0.2) is 0 Å². The van der Waals surface area contributed by atoms with Crippen LogP contribution >= 0.6 is 0 Å². The van der Waals surface area contributed by atoms with Gasteiger partial charge < -0.3 is 5.32 Å². The molecule has 0 radical (unpaired) electrons. The minimum atomic E-state index is -0.0580. The number of hydrogen-bond donors (Lipinski definition) is 1. The van der Waals surface area contributed by atoms with E-state index in [9.17, 15) is 4.79 Å². The van der Waals surface area contributed by atoms with E-state index in [1.54, 1.807) is 6.20 Å². The lowest BCUT2D eigenvalue weighted by Gasteiger charge is -2.41. The molecule has 0 unspecified atom stereocenters. The molecule has 1 amide bonds. The molecule has 4 heteroatoms. The molecule has 25 heavy (non-hydrogen) atoms. The third-order valence-electron chi connectivity index (χ3n) is 5.07. The van der Waals surface area contributed by atoms with Gasteiger partial charge in [0.05, 0.1) is 0 Å². The summed E-state index contributed by atoms with van der Waals surface area (Å²) in [6, 6.07) is 12.6. The zero-order valence-electron chi connectivity index (χ0n) is 15.2. The molecule has 1 aliphatic rings.